The van der Waals surface area contributed by atoms with Crippen molar-refractivity contribution in [2.24, 2.45) is 0 Å². The van der Waals surface area contributed by atoms with Crippen molar-refractivity contribution in [3.8, 4) is 23.0 Å². The molecule has 0 aromatic heterocycles. The molecule has 5 rings (SSSR count). The van der Waals surface area contributed by atoms with Gasteiger partial charge in [-0.1, -0.05) is 12.1 Å². The van der Waals surface area contributed by atoms with Gasteiger partial charge in [0.05, 0.1) is 25.2 Å². The van der Waals surface area contributed by atoms with Gasteiger partial charge in [0.15, 0.2) is 5.78 Å². The molecule has 15 nitrogen and oxygen atoms in total. The summed E-state index contributed by atoms with van der Waals surface area (Å²) in [6.07, 6.45) is -16.7. The average Bonchev–Trinajstić information content (AvgIpc) is 2.97. The minimum absolute atomic E-state index is 0.155. The van der Waals surface area contributed by atoms with Crippen LogP contribution in [0.2, 0.25) is 0 Å². The fraction of sp³-hybridized carbons (Fsp3) is 0.519. The zero-order valence-corrected chi connectivity index (χ0v) is 21.9. The summed E-state index contributed by atoms with van der Waals surface area (Å²) in [6, 6.07) is 6.77. The van der Waals surface area contributed by atoms with Gasteiger partial charge in [0.1, 0.15) is 89.6 Å². The van der Waals surface area contributed by atoms with Gasteiger partial charge in [0, 0.05) is 6.07 Å². The van der Waals surface area contributed by atoms with E-state index in [-0.39, 0.29) is 29.0 Å². The Hall–Kier alpha value is -3.09. The van der Waals surface area contributed by atoms with Crippen molar-refractivity contribution < 1.29 is 74.8 Å². The third kappa shape index (κ3) is 5.28. The molecule has 3 aliphatic rings. The standard InChI is InChI=1S/C27H32O15/c28-7-15-19(33)21(35)23(37)26(41-15)18-12(31)5-11(30)17-13(32)6-14(40-25(17)18)9-1-3-10(4-2-9)39-27-24(38)22(36)20(34)16(8-29)42-27/h1-5,14-16,19-24,26-31,33-38H,6-8H2/t14-,15+,16+,19+,20+,21-,22-,23+,24+,26-,27+/m0/s1. The van der Waals surface area contributed by atoms with E-state index in [0.29, 0.717) is 5.56 Å². The predicted molar refractivity (Wildman–Crippen MR) is 136 cm³/mol. The zero-order valence-electron chi connectivity index (χ0n) is 21.9. The van der Waals surface area contributed by atoms with Gasteiger partial charge in [0.25, 0.3) is 0 Å². The molecule has 0 bridgehead atoms. The number of phenolic OH excluding ortho intramolecular Hbond substituents is 2. The molecule has 2 fully saturated rings. The third-order valence-electron chi connectivity index (χ3n) is 7.72. The Bertz CT molecular complexity index is 1280. The highest BCUT2D eigenvalue weighted by Crippen LogP contribution is 2.50. The Balaban J connectivity index is 1.41. The van der Waals surface area contributed by atoms with E-state index in [0.717, 1.165) is 6.07 Å². The molecule has 230 valence electrons. The summed E-state index contributed by atoms with van der Waals surface area (Å²) in [5, 5.41) is 101. The van der Waals surface area contributed by atoms with Crippen LogP contribution in [0.5, 0.6) is 23.0 Å². The number of phenols is 2. The number of ether oxygens (including phenoxy) is 4. The molecule has 10 N–H and O–H groups in total. The summed E-state index contributed by atoms with van der Waals surface area (Å²) in [6.45, 7) is -1.36. The first kappa shape index (κ1) is 30.4. The van der Waals surface area contributed by atoms with E-state index >= 15 is 0 Å². The van der Waals surface area contributed by atoms with E-state index in [1.165, 1.54) is 24.3 Å². The Labute approximate surface area is 238 Å². The number of Topliss-reactive ketones (excluding diaryl/α,β-unsaturated/α-hetero) is 1. The lowest BCUT2D eigenvalue weighted by Gasteiger charge is -2.41. The summed E-state index contributed by atoms with van der Waals surface area (Å²) in [7, 11) is 0. The number of carbonyl (C=O) groups is 1. The van der Waals surface area contributed by atoms with Crippen LogP contribution < -0.4 is 9.47 Å². The highest BCUT2D eigenvalue weighted by Gasteiger charge is 2.48. The molecule has 11 atom stereocenters. The van der Waals surface area contributed by atoms with Crippen molar-refractivity contribution in [1.29, 1.82) is 0 Å². The van der Waals surface area contributed by atoms with Gasteiger partial charge in [-0.2, -0.15) is 0 Å². The quantitative estimate of drug-likeness (QED) is 0.165. The Morgan fingerprint density at radius 2 is 1.36 bits per heavy atom. The monoisotopic (exact) mass is 596 g/mol. The van der Waals surface area contributed by atoms with Gasteiger partial charge < -0.3 is 70.0 Å². The number of hydrogen-bond acceptors (Lipinski definition) is 15. The minimum Gasteiger partial charge on any atom is -0.507 e. The van der Waals surface area contributed by atoms with Crippen LogP contribution in [0.15, 0.2) is 30.3 Å². The van der Waals surface area contributed by atoms with Crippen molar-refractivity contribution in [2.75, 3.05) is 13.2 Å². The molecule has 0 aliphatic carbocycles. The number of aliphatic hydroxyl groups excluding tert-OH is 8. The van der Waals surface area contributed by atoms with Gasteiger partial charge in [-0.15, -0.1) is 0 Å². The van der Waals surface area contributed by atoms with Gasteiger partial charge >= 0.3 is 0 Å². The van der Waals surface area contributed by atoms with Crippen LogP contribution in [0.25, 0.3) is 0 Å². The van der Waals surface area contributed by atoms with Crippen molar-refractivity contribution >= 4 is 5.78 Å². The van der Waals surface area contributed by atoms with Crippen LogP contribution >= 0.6 is 0 Å². The molecule has 3 aliphatic heterocycles. The van der Waals surface area contributed by atoms with E-state index in [1.54, 1.807) is 0 Å². The summed E-state index contributed by atoms with van der Waals surface area (Å²) in [4.78, 5) is 13.1. The maximum Gasteiger partial charge on any atom is 0.229 e. The fourth-order valence-electron chi connectivity index (χ4n) is 5.35. The van der Waals surface area contributed by atoms with Crippen LogP contribution in [0, 0.1) is 0 Å². The second kappa shape index (κ2) is 11.9. The van der Waals surface area contributed by atoms with Crippen LogP contribution in [0.1, 0.15) is 40.1 Å². The highest BCUT2D eigenvalue weighted by atomic mass is 16.7. The van der Waals surface area contributed by atoms with Crippen LogP contribution in [-0.2, 0) is 9.47 Å². The van der Waals surface area contributed by atoms with Crippen molar-refractivity contribution in [2.45, 2.75) is 73.8 Å². The first-order chi connectivity index (χ1) is 20.0. The largest absolute Gasteiger partial charge is 0.507 e. The van der Waals surface area contributed by atoms with E-state index in [2.05, 4.69) is 0 Å². The van der Waals surface area contributed by atoms with Crippen molar-refractivity contribution in [1.82, 2.24) is 0 Å². The number of hydrogen-bond donors (Lipinski definition) is 10. The van der Waals surface area contributed by atoms with Crippen molar-refractivity contribution in [3.05, 3.63) is 47.0 Å². The number of rotatable bonds is 6. The minimum atomic E-state index is -1.81. The van der Waals surface area contributed by atoms with Gasteiger partial charge in [0.2, 0.25) is 6.29 Å². The molecule has 2 saturated heterocycles. The zero-order chi connectivity index (χ0) is 30.5. The van der Waals surface area contributed by atoms with Gasteiger partial charge in [-0.05, 0) is 17.7 Å². The SMILES string of the molecule is O=C1C[C@@H](c2ccc(O[C@@H]3O[C@H](CO)[C@@H](O)[C@H](O)[C@H]3O)cc2)Oc2c1c(O)cc(O)c2[C@@H]1O[C@H](CO)[C@@H](O)[C@H](O)[C@H]1O. The van der Waals surface area contributed by atoms with Crippen LogP contribution in [0.4, 0.5) is 0 Å². The highest BCUT2D eigenvalue weighted by molar-refractivity contribution is 6.03. The van der Waals surface area contributed by atoms with Crippen LogP contribution in [-0.4, -0.2) is 125 Å². The molecule has 0 amide bonds. The third-order valence-corrected chi connectivity index (χ3v) is 7.72. The Kier molecular flexibility index (Phi) is 8.60. The van der Waals surface area contributed by atoms with Crippen LogP contribution in [0.3, 0.4) is 0 Å². The lowest BCUT2D eigenvalue weighted by Crippen LogP contribution is -2.60. The summed E-state index contributed by atoms with van der Waals surface area (Å²) < 4.78 is 22.5. The predicted octanol–water partition coefficient (Wildman–Crippen LogP) is -2.50. The number of benzene rings is 2. The second-order valence-corrected chi connectivity index (χ2v) is 10.4. The maximum absolute atomic E-state index is 13.1. The van der Waals surface area contributed by atoms with E-state index in [1.807, 2.05) is 0 Å². The molecule has 0 saturated carbocycles. The number of aromatic hydroxyl groups is 2. The first-order valence-electron chi connectivity index (χ1n) is 13.1. The van der Waals surface area contributed by atoms with E-state index < -0.39 is 97.8 Å². The number of carbonyl (C=O) groups excluding carboxylic acids is 1. The second-order valence-electron chi connectivity index (χ2n) is 10.4. The lowest BCUT2D eigenvalue weighted by atomic mass is 9.87. The van der Waals surface area contributed by atoms with E-state index in [4.69, 9.17) is 18.9 Å². The maximum atomic E-state index is 13.1. The normalized spacial score (nSPS) is 36.7. The smallest absolute Gasteiger partial charge is 0.229 e. The van der Waals surface area contributed by atoms with Gasteiger partial charge in [-0.25, -0.2) is 0 Å². The molecule has 42 heavy (non-hydrogen) atoms. The van der Waals surface area contributed by atoms with E-state index in [9.17, 15) is 55.9 Å². The molecular formula is C27H32O15. The lowest BCUT2D eigenvalue weighted by molar-refractivity contribution is -0.277. The Morgan fingerprint density at radius 3 is 1.98 bits per heavy atom. The molecule has 15 heteroatoms. The van der Waals surface area contributed by atoms with Gasteiger partial charge in [-0.3, -0.25) is 4.79 Å². The molecule has 3 heterocycles. The number of fused-ring (bicyclic) bond motifs is 1. The topological polar surface area (TPSA) is 256 Å². The molecule has 2 aromatic rings. The molecule has 0 unspecified atom stereocenters. The Morgan fingerprint density at radius 1 is 0.762 bits per heavy atom. The number of aliphatic hydroxyl groups is 8. The molecule has 2 aromatic carbocycles. The summed E-state index contributed by atoms with van der Waals surface area (Å²) in [5.41, 5.74) is -0.142. The van der Waals surface area contributed by atoms with Crippen molar-refractivity contribution in [3.63, 3.8) is 0 Å². The summed E-state index contributed by atoms with van der Waals surface area (Å²) in [5.74, 6) is -1.97. The average molecular weight is 597 g/mol. The summed E-state index contributed by atoms with van der Waals surface area (Å²) >= 11 is 0. The molecule has 0 radical (unpaired) electrons. The molecule has 0 spiro atoms. The molecular weight excluding hydrogens is 564 g/mol. The fourth-order valence-corrected chi connectivity index (χ4v) is 5.35. The number of ketones is 1. The first-order valence-corrected chi connectivity index (χ1v) is 13.1.